The molecule has 1 aliphatic heterocycles. The molecule has 0 amide bonds. The number of nitrogens with zero attached hydrogens (tertiary/aromatic N) is 2. The highest BCUT2D eigenvalue weighted by Gasteiger charge is 2.25. The van der Waals surface area contributed by atoms with Gasteiger partial charge in [0.1, 0.15) is 0 Å². The van der Waals surface area contributed by atoms with Gasteiger partial charge in [0.25, 0.3) is 0 Å². The monoisotopic (exact) mass is 416 g/mol. The smallest absolute Gasteiger partial charge is 0.305 e. The van der Waals surface area contributed by atoms with Gasteiger partial charge < -0.3 is 15.4 Å². The number of methoxy groups -OCH3 is 1. The first kappa shape index (κ1) is 24.2. The number of esters is 1. The van der Waals surface area contributed by atoms with Crippen molar-refractivity contribution >= 4 is 11.9 Å². The molecule has 1 aromatic rings. The molecule has 0 aliphatic carbocycles. The standard InChI is InChI=1S/C24H40N4O2/c1-4-25-24(26-16-11-6-5-10-14-23(29)30-3)27-22-15-17-28(20(2)18-22)19-21-12-8-7-9-13-21/h7-9,12-13,20,22H,4-6,10-11,14-19H2,1-3H3,(H2,25,26,27). The number of carbonyl (C=O) groups excluding carboxylic acids is 1. The lowest BCUT2D eigenvalue weighted by Gasteiger charge is -2.38. The van der Waals surface area contributed by atoms with Gasteiger partial charge in [-0.1, -0.05) is 43.2 Å². The van der Waals surface area contributed by atoms with Crippen molar-refractivity contribution in [2.45, 2.75) is 77.4 Å². The first-order chi connectivity index (χ1) is 14.6. The molecule has 1 heterocycles. The van der Waals surface area contributed by atoms with Gasteiger partial charge in [0.05, 0.1) is 7.11 Å². The third-order valence-corrected chi connectivity index (χ3v) is 5.71. The van der Waals surface area contributed by atoms with E-state index in [0.29, 0.717) is 18.5 Å². The fraction of sp³-hybridized carbons (Fsp3) is 0.667. The Morgan fingerprint density at radius 3 is 2.67 bits per heavy atom. The number of hydrogen-bond acceptors (Lipinski definition) is 4. The van der Waals surface area contributed by atoms with Crippen molar-refractivity contribution in [2.75, 3.05) is 26.7 Å². The second-order valence-electron chi connectivity index (χ2n) is 8.17. The summed E-state index contributed by atoms with van der Waals surface area (Å²) in [6.45, 7) is 8.25. The van der Waals surface area contributed by atoms with Gasteiger partial charge in [-0.2, -0.15) is 0 Å². The average Bonchev–Trinajstić information content (AvgIpc) is 2.75. The normalized spacial score (nSPS) is 20.0. The molecule has 6 heteroatoms. The zero-order valence-corrected chi connectivity index (χ0v) is 19.0. The van der Waals surface area contributed by atoms with Crippen LogP contribution in [0.3, 0.4) is 0 Å². The van der Waals surface area contributed by atoms with E-state index >= 15 is 0 Å². The van der Waals surface area contributed by atoms with Crippen LogP contribution in [0.1, 0.15) is 64.4 Å². The van der Waals surface area contributed by atoms with Gasteiger partial charge in [0.2, 0.25) is 0 Å². The van der Waals surface area contributed by atoms with Crippen molar-refractivity contribution in [3.63, 3.8) is 0 Å². The number of likely N-dealkylation sites (tertiary alicyclic amines) is 1. The highest BCUT2D eigenvalue weighted by atomic mass is 16.5. The number of carbonyl (C=O) groups is 1. The van der Waals surface area contributed by atoms with Crippen LogP contribution in [0.25, 0.3) is 0 Å². The molecule has 1 saturated heterocycles. The minimum absolute atomic E-state index is 0.115. The van der Waals surface area contributed by atoms with E-state index in [-0.39, 0.29) is 5.97 Å². The first-order valence-corrected chi connectivity index (χ1v) is 11.5. The Balaban J connectivity index is 1.70. The lowest BCUT2D eigenvalue weighted by Crippen LogP contribution is -2.51. The Kier molecular flexibility index (Phi) is 11.3. The van der Waals surface area contributed by atoms with E-state index in [2.05, 4.69) is 64.4 Å². The molecule has 1 aliphatic rings. The summed E-state index contributed by atoms with van der Waals surface area (Å²) < 4.78 is 4.67. The summed E-state index contributed by atoms with van der Waals surface area (Å²) >= 11 is 0. The van der Waals surface area contributed by atoms with Crippen LogP contribution in [0.15, 0.2) is 35.3 Å². The number of guanidine groups is 1. The predicted octanol–water partition coefficient (Wildman–Crippen LogP) is 3.72. The van der Waals surface area contributed by atoms with Crippen LogP contribution in [-0.4, -0.2) is 55.7 Å². The largest absolute Gasteiger partial charge is 0.469 e. The summed E-state index contributed by atoms with van der Waals surface area (Å²) in [7, 11) is 1.44. The van der Waals surface area contributed by atoms with E-state index < -0.39 is 0 Å². The minimum Gasteiger partial charge on any atom is -0.469 e. The van der Waals surface area contributed by atoms with E-state index in [1.807, 2.05) is 0 Å². The summed E-state index contributed by atoms with van der Waals surface area (Å²) in [5.41, 5.74) is 1.39. The molecule has 2 N–H and O–H groups in total. The van der Waals surface area contributed by atoms with Gasteiger partial charge in [-0.05, 0) is 45.1 Å². The second kappa shape index (κ2) is 14.0. The van der Waals surface area contributed by atoms with E-state index in [0.717, 1.165) is 70.7 Å². The summed E-state index contributed by atoms with van der Waals surface area (Å²) in [5, 5.41) is 7.03. The minimum atomic E-state index is -0.115. The number of piperidine rings is 1. The third-order valence-electron chi connectivity index (χ3n) is 5.71. The molecule has 30 heavy (non-hydrogen) atoms. The van der Waals surface area contributed by atoms with E-state index in [1.165, 1.54) is 12.7 Å². The van der Waals surface area contributed by atoms with E-state index in [1.54, 1.807) is 0 Å². The Morgan fingerprint density at radius 1 is 1.20 bits per heavy atom. The highest BCUT2D eigenvalue weighted by Crippen LogP contribution is 2.20. The van der Waals surface area contributed by atoms with Crippen LogP contribution in [0.4, 0.5) is 0 Å². The molecule has 0 radical (unpaired) electrons. The molecule has 2 atom stereocenters. The number of nitrogens with one attached hydrogen (secondary N) is 2. The van der Waals surface area contributed by atoms with Crippen molar-refractivity contribution in [3.05, 3.63) is 35.9 Å². The number of ether oxygens (including phenoxy) is 1. The summed E-state index contributed by atoms with van der Waals surface area (Å²) in [6, 6.07) is 11.7. The molecule has 6 nitrogen and oxygen atoms in total. The maximum atomic E-state index is 11.1. The van der Waals surface area contributed by atoms with Gasteiger partial charge in [-0.15, -0.1) is 0 Å². The van der Waals surface area contributed by atoms with Crippen LogP contribution < -0.4 is 10.6 Å². The maximum Gasteiger partial charge on any atom is 0.305 e. The number of hydrogen-bond donors (Lipinski definition) is 2. The van der Waals surface area contributed by atoms with Crippen molar-refractivity contribution in [1.29, 1.82) is 0 Å². The molecular formula is C24H40N4O2. The lowest BCUT2D eigenvalue weighted by molar-refractivity contribution is -0.140. The van der Waals surface area contributed by atoms with Crippen LogP contribution >= 0.6 is 0 Å². The summed E-state index contributed by atoms with van der Waals surface area (Å²) in [5.74, 6) is 0.816. The summed E-state index contributed by atoms with van der Waals surface area (Å²) in [6.07, 6.45) is 6.86. The van der Waals surface area contributed by atoms with Crippen molar-refractivity contribution in [1.82, 2.24) is 15.5 Å². The van der Waals surface area contributed by atoms with E-state index in [9.17, 15) is 4.79 Å². The molecule has 168 valence electrons. The van der Waals surface area contributed by atoms with Crippen molar-refractivity contribution in [2.24, 2.45) is 4.99 Å². The Morgan fingerprint density at radius 2 is 1.97 bits per heavy atom. The molecule has 0 spiro atoms. The molecular weight excluding hydrogens is 376 g/mol. The molecule has 0 aromatic heterocycles. The average molecular weight is 417 g/mol. The highest BCUT2D eigenvalue weighted by molar-refractivity contribution is 5.80. The Labute approximate surface area is 182 Å². The van der Waals surface area contributed by atoms with Crippen molar-refractivity contribution in [3.8, 4) is 0 Å². The maximum absolute atomic E-state index is 11.1. The van der Waals surface area contributed by atoms with Crippen LogP contribution in [-0.2, 0) is 16.1 Å². The van der Waals surface area contributed by atoms with Crippen LogP contribution in [0, 0.1) is 0 Å². The van der Waals surface area contributed by atoms with E-state index in [4.69, 9.17) is 4.99 Å². The van der Waals surface area contributed by atoms with Crippen LogP contribution in [0.5, 0.6) is 0 Å². The third kappa shape index (κ3) is 9.16. The fourth-order valence-electron chi connectivity index (χ4n) is 3.95. The Hall–Kier alpha value is -2.08. The number of aliphatic imine (C=N–C) groups is 1. The number of benzene rings is 1. The topological polar surface area (TPSA) is 66.0 Å². The number of unbranched alkanes of at least 4 members (excludes halogenated alkanes) is 3. The van der Waals surface area contributed by atoms with Gasteiger partial charge in [0, 0.05) is 44.7 Å². The SMILES string of the molecule is CCNC(=NCCCCCCC(=O)OC)NC1CCN(Cc2ccccc2)C(C)C1. The zero-order chi connectivity index (χ0) is 21.6. The Bertz CT molecular complexity index is 635. The number of rotatable bonds is 11. The predicted molar refractivity (Wildman–Crippen MR) is 124 cm³/mol. The quantitative estimate of drug-likeness (QED) is 0.249. The molecule has 0 bridgehead atoms. The first-order valence-electron chi connectivity index (χ1n) is 11.5. The van der Waals surface area contributed by atoms with Crippen LogP contribution in [0.2, 0.25) is 0 Å². The van der Waals surface area contributed by atoms with Crippen molar-refractivity contribution < 1.29 is 9.53 Å². The molecule has 0 saturated carbocycles. The molecule has 1 fully saturated rings. The molecule has 2 unspecified atom stereocenters. The van der Waals surface area contributed by atoms with Gasteiger partial charge in [0.15, 0.2) is 5.96 Å². The lowest BCUT2D eigenvalue weighted by atomic mass is 9.97. The second-order valence-corrected chi connectivity index (χ2v) is 8.17. The van der Waals surface area contributed by atoms with Gasteiger partial charge >= 0.3 is 5.97 Å². The summed E-state index contributed by atoms with van der Waals surface area (Å²) in [4.78, 5) is 18.5. The van der Waals surface area contributed by atoms with Gasteiger partial charge in [-0.25, -0.2) is 0 Å². The molecule has 2 rings (SSSR count). The molecule has 1 aromatic carbocycles. The van der Waals surface area contributed by atoms with Gasteiger partial charge in [-0.3, -0.25) is 14.7 Å². The fourth-order valence-corrected chi connectivity index (χ4v) is 3.95. The zero-order valence-electron chi connectivity index (χ0n) is 19.0.